The molecule has 1 aromatic heterocycles. The molecule has 1 atom stereocenters. The van der Waals surface area contributed by atoms with Crippen molar-refractivity contribution < 1.29 is 22.8 Å². The first-order valence-corrected chi connectivity index (χ1v) is 7.80. The number of hydrogen-bond donors (Lipinski definition) is 3. The minimum atomic E-state index is -4.35. The van der Waals surface area contributed by atoms with Crippen LogP contribution in [0.15, 0.2) is 4.34 Å². The second-order valence-corrected chi connectivity index (χ2v) is 6.52. The van der Waals surface area contributed by atoms with E-state index in [1.54, 1.807) is 13.8 Å². The van der Waals surface area contributed by atoms with Crippen LogP contribution in [0.3, 0.4) is 0 Å². The van der Waals surface area contributed by atoms with E-state index in [1.165, 1.54) is 0 Å². The highest BCUT2D eigenvalue weighted by Gasteiger charge is 2.27. The molecule has 22 heavy (non-hydrogen) atoms. The standard InChI is InChI=1S/C10H14F3N5O2S2/c1-3-14-7(20)16-6(19)5(2)21-9-18-17-8(22-9)15-4-10(11,12)13/h5H,3-4H2,1-2H3,(H,15,17)(H2,14,16,19,20)/t5-/m1/s1. The van der Waals surface area contributed by atoms with Crippen molar-refractivity contribution in [2.24, 2.45) is 0 Å². The Kier molecular flexibility index (Phi) is 6.87. The maximum Gasteiger partial charge on any atom is 0.405 e. The van der Waals surface area contributed by atoms with Crippen LogP contribution in [0.4, 0.5) is 23.1 Å². The van der Waals surface area contributed by atoms with Crippen molar-refractivity contribution >= 4 is 40.2 Å². The normalized spacial score (nSPS) is 12.6. The van der Waals surface area contributed by atoms with Crippen molar-refractivity contribution in [3.63, 3.8) is 0 Å². The number of alkyl halides is 3. The number of rotatable bonds is 6. The van der Waals surface area contributed by atoms with Gasteiger partial charge in [-0.25, -0.2) is 4.79 Å². The van der Waals surface area contributed by atoms with E-state index in [2.05, 4.69) is 26.1 Å². The number of nitrogens with zero attached hydrogens (tertiary/aromatic N) is 2. The first kappa shape index (κ1) is 18.5. The van der Waals surface area contributed by atoms with Gasteiger partial charge in [-0.2, -0.15) is 13.2 Å². The van der Waals surface area contributed by atoms with Crippen LogP contribution in [0.25, 0.3) is 0 Å². The number of nitrogens with one attached hydrogen (secondary N) is 3. The highest BCUT2D eigenvalue weighted by Crippen LogP contribution is 2.29. The van der Waals surface area contributed by atoms with Crippen LogP contribution in [0.2, 0.25) is 0 Å². The maximum absolute atomic E-state index is 12.0. The van der Waals surface area contributed by atoms with E-state index in [1.807, 2.05) is 0 Å². The Hall–Kier alpha value is -1.56. The van der Waals surface area contributed by atoms with Gasteiger partial charge in [0, 0.05) is 6.54 Å². The van der Waals surface area contributed by atoms with Gasteiger partial charge < -0.3 is 10.6 Å². The number of urea groups is 1. The van der Waals surface area contributed by atoms with Crippen molar-refractivity contribution in [3.8, 4) is 0 Å². The molecular formula is C10H14F3N5O2S2. The third kappa shape index (κ3) is 6.93. The molecule has 0 fully saturated rings. The number of amides is 3. The molecule has 0 saturated heterocycles. The zero-order valence-electron chi connectivity index (χ0n) is 11.7. The highest BCUT2D eigenvalue weighted by molar-refractivity contribution is 8.02. The smallest absolute Gasteiger partial charge is 0.351 e. The van der Waals surface area contributed by atoms with E-state index in [0.29, 0.717) is 10.9 Å². The third-order valence-electron chi connectivity index (χ3n) is 2.07. The molecule has 12 heteroatoms. The van der Waals surface area contributed by atoms with Crippen molar-refractivity contribution in [3.05, 3.63) is 0 Å². The number of thioether (sulfide) groups is 1. The molecule has 0 radical (unpaired) electrons. The van der Waals surface area contributed by atoms with Crippen LogP contribution in [0.1, 0.15) is 13.8 Å². The summed E-state index contributed by atoms with van der Waals surface area (Å²) in [7, 11) is 0. The van der Waals surface area contributed by atoms with Gasteiger partial charge in [-0.1, -0.05) is 23.1 Å². The van der Waals surface area contributed by atoms with Gasteiger partial charge in [0.05, 0.1) is 5.25 Å². The Bertz CT molecular complexity index is 523. The molecule has 0 aliphatic carbocycles. The topological polar surface area (TPSA) is 96.0 Å². The number of imide groups is 1. The van der Waals surface area contributed by atoms with Gasteiger partial charge in [-0.15, -0.1) is 10.2 Å². The third-order valence-corrected chi connectivity index (χ3v) is 4.13. The average molecular weight is 357 g/mol. The van der Waals surface area contributed by atoms with Gasteiger partial charge in [-0.3, -0.25) is 10.1 Å². The lowest BCUT2D eigenvalue weighted by molar-refractivity contribution is -0.119. The molecule has 1 heterocycles. The van der Waals surface area contributed by atoms with Crippen molar-refractivity contribution in [2.75, 3.05) is 18.4 Å². The number of carbonyl (C=O) groups excluding carboxylic acids is 2. The lowest BCUT2D eigenvalue weighted by atomic mass is 10.4. The van der Waals surface area contributed by atoms with Crippen molar-refractivity contribution in [2.45, 2.75) is 29.6 Å². The molecule has 3 N–H and O–H groups in total. The fraction of sp³-hybridized carbons (Fsp3) is 0.600. The van der Waals surface area contributed by atoms with Crippen molar-refractivity contribution in [1.82, 2.24) is 20.8 Å². The second kappa shape index (κ2) is 8.17. The summed E-state index contributed by atoms with van der Waals surface area (Å²) in [6, 6.07) is -0.607. The van der Waals surface area contributed by atoms with Gasteiger partial charge in [0.1, 0.15) is 6.54 Å². The summed E-state index contributed by atoms with van der Waals surface area (Å²) in [6.45, 7) is 2.42. The fourth-order valence-corrected chi connectivity index (χ4v) is 3.02. The predicted octanol–water partition coefficient (Wildman–Crippen LogP) is 1.84. The van der Waals surface area contributed by atoms with Crippen LogP contribution < -0.4 is 16.0 Å². The van der Waals surface area contributed by atoms with E-state index in [9.17, 15) is 22.8 Å². The van der Waals surface area contributed by atoms with E-state index < -0.39 is 29.9 Å². The minimum absolute atomic E-state index is 0.0103. The van der Waals surface area contributed by atoms with Gasteiger partial charge in [-0.05, 0) is 13.8 Å². The first-order chi connectivity index (χ1) is 10.2. The maximum atomic E-state index is 12.0. The monoisotopic (exact) mass is 357 g/mol. The average Bonchev–Trinajstić information content (AvgIpc) is 2.83. The molecule has 0 unspecified atom stereocenters. The van der Waals surface area contributed by atoms with Crippen LogP contribution >= 0.6 is 23.1 Å². The van der Waals surface area contributed by atoms with E-state index in [0.717, 1.165) is 23.1 Å². The Morgan fingerprint density at radius 2 is 2.05 bits per heavy atom. The molecule has 7 nitrogen and oxygen atoms in total. The molecule has 0 spiro atoms. The zero-order chi connectivity index (χ0) is 16.8. The van der Waals surface area contributed by atoms with Crippen molar-refractivity contribution in [1.29, 1.82) is 0 Å². The molecule has 0 saturated carbocycles. The summed E-state index contributed by atoms with van der Waals surface area (Å²) in [5.74, 6) is -0.532. The Morgan fingerprint density at radius 3 is 2.64 bits per heavy atom. The van der Waals surface area contributed by atoms with Gasteiger partial charge in [0.25, 0.3) is 0 Å². The molecular weight excluding hydrogens is 343 g/mol. The SMILES string of the molecule is CCNC(=O)NC(=O)[C@@H](C)Sc1nnc(NCC(F)(F)F)s1. The number of aromatic nitrogens is 2. The summed E-state index contributed by atoms with van der Waals surface area (Å²) in [6.07, 6.45) is -4.35. The van der Waals surface area contributed by atoms with Crippen LogP contribution in [-0.2, 0) is 4.79 Å². The van der Waals surface area contributed by atoms with Gasteiger partial charge in [0.2, 0.25) is 11.0 Å². The number of halogens is 3. The fourth-order valence-electron chi connectivity index (χ4n) is 1.13. The summed E-state index contributed by atoms with van der Waals surface area (Å²) >= 11 is 1.90. The summed E-state index contributed by atoms with van der Waals surface area (Å²) in [5, 5.41) is 13.2. The molecule has 124 valence electrons. The predicted molar refractivity (Wildman–Crippen MR) is 77.0 cm³/mol. The summed E-state index contributed by atoms with van der Waals surface area (Å²) < 4.78 is 36.5. The number of anilines is 1. The van der Waals surface area contributed by atoms with Gasteiger partial charge in [0.15, 0.2) is 4.34 Å². The van der Waals surface area contributed by atoms with E-state index in [-0.39, 0.29) is 5.13 Å². The highest BCUT2D eigenvalue weighted by atomic mass is 32.2. The lowest BCUT2D eigenvalue weighted by Crippen LogP contribution is -2.42. The van der Waals surface area contributed by atoms with E-state index in [4.69, 9.17) is 0 Å². The zero-order valence-corrected chi connectivity index (χ0v) is 13.3. The summed E-state index contributed by atoms with van der Waals surface area (Å²) in [5.41, 5.74) is 0. The Morgan fingerprint density at radius 1 is 1.36 bits per heavy atom. The van der Waals surface area contributed by atoms with Gasteiger partial charge >= 0.3 is 12.2 Å². The summed E-state index contributed by atoms with van der Waals surface area (Å²) in [4.78, 5) is 22.9. The van der Waals surface area contributed by atoms with Crippen LogP contribution in [0, 0.1) is 0 Å². The van der Waals surface area contributed by atoms with E-state index >= 15 is 0 Å². The minimum Gasteiger partial charge on any atom is -0.351 e. The molecule has 1 rings (SSSR count). The van der Waals surface area contributed by atoms with Crippen LogP contribution in [0.5, 0.6) is 0 Å². The first-order valence-electron chi connectivity index (χ1n) is 6.10. The molecule has 0 bridgehead atoms. The van der Waals surface area contributed by atoms with Crippen LogP contribution in [-0.4, -0.2) is 46.7 Å². The Labute approximate surface area is 132 Å². The number of carbonyl (C=O) groups is 2. The lowest BCUT2D eigenvalue weighted by Gasteiger charge is -2.09. The molecule has 1 aromatic rings. The second-order valence-electron chi connectivity index (χ2n) is 3.95. The molecule has 3 amide bonds. The molecule has 0 aromatic carbocycles. The largest absolute Gasteiger partial charge is 0.405 e. The number of hydrogen-bond acceptors (Lipinski definition) is 7. The quantitative estimate of drug-likeness (QED) is 0.673. The Balaban J connectivity index is 2.48. The molecule has 0 aliphatic rings. The molecule has 0 aliphatic heterocycles.